The van der Waals surface area contributed by atoms with E-state index < -0.39 is 0 Å². The van der Waals surface area contributed by atoms with E-state index in [1.165, 1.54) is 0 Å². The smallest absolute Gasteiger partial charge is 0.146 e. The molecule has 0 fully saturated rings. The molecule has 0 amide bonds. The highest BCUT2D eigenvalue weighted by molar-refractivity contribution is 6.33. The summed E-state index contributed by atoms with van der Waals surface area (Å²) in [5.74, 6) is 1.84. The first-order valence-electron chi connectivity index (χ1n) is 6.68. The Kier molecular flexibility index (Phi) is 6.46. The second-order valence-corrected chi connectivity index (χ2v) is 5.11. The molecular formula is C15H24ClNO2. The quantitative estimate of drug-likeness (QED) is 0.820. The SMILES string of the molecule is CCCC(C)C(NC)c1ccc(OC)c(Cl)c1OC. The van der Waals surface area contributed by atoms with Crippen LogP contribution in [0.5, 0.6) is 11.5 Å². The van der Waals surface area contributed by atoms with Gasteiger partial charge in [-0.1, -0.05) is 31.9 Å². The molecule has 2 unspecified atom stereocenters. The maximum absolute atomic E-state index is 6.32. The second kappa shape index (κ2) is 7.61. The monoisotopic (exact) mass is 285 g/mol. The van der Waals surface area contributed by atoms with Gasteiger partial charge in [0.2, 0.25) is 0 Å². The number of rotatable bonds is 7. The van der Waals surface area contributed by atoms with Crippen LogP contribution in [-0.4, -0.2) is 21.3 Å². The van der Waals surface area contributed by atoms with Gasteiger partial charge in [0.15, 0.2) is 0 Å². The van der Waals surface area contributed by atoms with Crippen LogP contribution in [0.25, 0.3) is 0 Å². The molecule has 19 heavy (non-hydrogen) atoms. The van der Waals surface area contributed by atoms with E-state index in [1.807, 2.05) is 19.2 Å². The fraction of sp³-hybridized carbons (Fsp3) is 0.600. The Balaban J connectivity index is 3.20. The van der Waals surface area contributed by atoms with Gasteiger partial charge in [-0.25, -0.2) is 0 Å². The summed E-state index contributed by atoms with van der Waals surface area (Å²) in [4.78, 5) is 0. The summed E-state index contributed by atoms with van der Waals surface area (Å²) < 4.78 is 10.7. The van der Waals surface area contributed by atoms with Gasteiger partial charge < -0.3 is 14.8 Å². The Morgan fingerprint density at radius 1 is 1.26 bits per heavy atom. The summed E-state index contributed by atoms with van der Waals surface area (Å²) in [7, 11) is 5.21. The summed E-state index contributed by atoms with van der Waals surface area (Å²) in [6, 6.07) is 4.14. The van der Waals surface area contributed by atoms with Crippen LogP contribution in [0, 0.1) is 5.92 Å². The van der Waals surface area contributed by atoms with Gasteiger partial charge in [0.25, 0.3) is 0 Å². The van der Waals surface area contributed by atoms with Crippen molar-refractivity contribution in [3.05, 3.63) is 22.7 Å². The van der Waals surface area contributed by atoms with Crippen molar-refractivity contribution in [2.24, 2.45) is 5.92 Å². The third-order valence-corrected chi connectivity index (χ3v) is 3.83. The van der Waals surface area contributed by atoms with Gasteiger partial charge in [-0.05, 0) is 31.5 Å². The largest absolute Gasteiger partial charge is 0.495 e. The van der Waals surface area contributed by atoms with Crippen molar-refractivity contribution in [3.63, 3.8) is 0 Å². The number of nitrogens with one attached hydrogen (secondary N) is 1. The second-order valence-electron chi connectivity index (χ2n) is 4.74. The molecule has 0 radical (unpaired) electrons. The third-order valence-electron chi connectivity index (χ3n) is 3.48. The Morgan fingerprint density at radius 3 is 2.42 bits per heavy atom. The first-order chi connectivity index (χ1) is 9.10. The van der Waals surface area contributed by atoms with E-state index in [1.54, 1.807) is 14.2 Å². The molecule has 108 valence electrons. The van der Waals surface area contributed by atoms with Gasteiger partial charge in [-0.3, -0.25) is 0 Å². The fourth-order valence-electron chi connectivity index (χ4n) is 2.53. The summed E-state index contributed by atoms with van der Waals surface area (Å²) in [5, 5.41) is 3.90. The van der Waals surface area contributed by atoms with Crippen molar-refractivity contribution in [1.82, 2.24) is 5.32 Å². The van der Waals surface area contributed by atoms with Gasteiger partial charge in [0.05, 0.1) is 14.2 Å². The number of hydrogen-bond donors (Lipinski definition) is 1. The van der Waals surface area contributed by atoms with E-state index in [-0.39, 0.29) is 6.04 Å². The third kappa shape index (κ3) is 3.54. The molecule has 0 aliphatic heterocycles. The number of benzene rings is 1. The zero-order valence-corrected chi connectivity index (χ0v) is 13.2. The average Bonchev–Trinajstić information content (AvgIpc) is 2.40. The van der Waals surface area contributed by atoms with Crippen molar-refractivity contribution in [3.8, 4) is 11.5 Å². The molecule has 0 aliphatic carbocycles. The van der Waals surface area contributed by atoms with Gasteiger partial charge in [0, 0.05) is 11.6 Å². The predicted octanol–water partition coefficient (Wildman–Crippen LogP) is 4.05. The zero-order chi connectivity index (χ0) is 14.4. The molecule has 1 N–H and O–H groups in total. The highest BCUT2D eigenvalue weighted by Gasteiger charge is 2.23. The lowest BCUT2D eigenvalue weighted by molar-refractivity contribution is 0.352. The summed E-state index contributed by atoms with van der Waals surface area (Å²) >= 11 is 6.32. The van der Waals surface area contributed by atoms with Gasteiger partial charge in [-0.2, -0.15) is 0 Å². The van der Waals surface area contributed by atoms with E-state index in [0.29, 0.717) is 22.4 Å². The van der Waals surface area contributed by atoms with Crippen molar-refractivity contribution < 1.29 is 9.47 Å². The molecule has 0 saturated carbocycles. The molecule has 0 spiro atoms. The first kappa shape index (κ1) is 16.1. The molecule has 1 rings (SSSR count). The first-order valence-corrected chi connectivity index (χ1v) is 7.06. The van der Waals surface area contributed by atoms with Crippen molar-refractivity contribution in [2.75, 3.05) is 21.3 Å². The molecule has 0 aromatic heterocycles. The number of methoxy groups -OCH3 is 2. The maximum Gasteiger partial charge on any atom is 0.146 e. The van der Waals surface area contributed by atoms with Crippen LogP contribution < -0.4 is 14.8 Å². The van der Waals surface area contributed by atoms with Crippen LogP contribution in [0.2, 0.25) is 5.02 Å². The topological polar surface area (TPSA) is 30.5 Å². The Hall–Kier alpha value is -0.930. The van der Waals surface area contributed by atoms with E-state index >= 15 is 0 Å². The van der Waals surface area contributed by atoms with Gasteiger partial charge in [0.1, 0.15) is 16.5 Å². The van der Waals surface area contributed by atoms with Crippen molar-refractivity contribution >= 4 is 11.6 Å². The standard InChI is InChI=1S/C15H24ClNO2/c1-6-7-10(2)14(17-3)11-8-9-12(18-4)13(16)15(11)19-5/h8-10,14,17H,6-7H2,1-5H3. The van der Waals surface area contributed by atoms with E-state index in [9.17, 15) is 0 Å². The molecule has 0 heterocycles. The molecular weight excluding hydrogens is 262 g/mol. The van der Waals surface area contributed by atoms with Crippen molar-refractivity contribution in [2.45, 2.75) is 32.7 Å². The zero-order valence-electron chi connectivity index (χ0n) is 12.4. The normalized spacial score (nSPS) is 14.0. The van der Waals surface area contributed by atoms with Crippen LogP contribution in [0.3, 0.4) is 0 Å². The maximum atomic E-state index is 6.32. The van der Waals surface area contributed by atoms with E-state index in [0.717, 1.165) is 18.4 Å². The molecule has 2 atom stereocenters. The predicted molar refractivity (Wildman–Crippen MR) is 80.4 cm³/mol. The minimum absolute atomic E-state index is 0.221. The molecule has 1 aromatic rings. The molecule has 0 bridgehead atoms. The Morgan fingerprint density at radius 2 is 1.95 bits per heavy atom. The minimum atomic E-state index is 0.221. The van der Waals surface area contributed by atoms with E-state index in [4.69, 9.17) is 21.1 Å². The highest BCUT2D eigenvalue weighted by Crippen LogP contribution is 2.41. The van der Waals surface area contributed by atoms with Gasteiger partial charge in [-0.15, -0.1) is 0 Å². The van der Waals surface area contributed by atoms with Gasteiger partial charge >= 0.3 is 0 Å². The van der Waals surface area contributed by atoms with Crippen LogP contribution in [-0.2, 0) is 0 Å². The molecule has 4 heteroatoms. The molecule has 1 aromatic carbocycles. The lowest BCUT2D eigenvalue weighted by atomic mass is 9.90. The summed E-state index contributed by atoms with van der Waals surface area (Å²) in [6.45, 7) is 4.43. The van der Waals surface area contributed by atoms with Crippen LogP contribution in [0.4, 0.5) is 0 Å². The lowest BCUT2D eigenvalue weighted by Crippen LogP contribution is -2.24. The number of hydrogen-bond acceptors (Lipinski definition) is 3. The summed E-state index contributed by atoms with van der Waals surface area (Å²) in [5.41, 5.74) is 1.08. The van der Waals surface area contributed by atoms with Crippen LogP contribution in [0.15, 0.2) is 12.1 Å². The lowest BCUT2D eigenvalue weighted by Gasteiger charge is -2.26. The Bertz CT molecular complexity index is 409. The van der Waals surface area contributed by atoms with Crippen LogP contribution in [0.1, 0.15) is 38.3 Å². The fourth-order valence-corrected chi connectivity index (χ4v) is 2.86. The Labute approximate surface area is 121 Å². The number of ether oxygens (including phenoxy) is 2. The molecule has 3 nitrogen and oxygen atoms in total. The average molecular weight is 286 g/mol. The number of halogens is 1. The van der Waals surface area contributed by atoms with Crippen molar-refractivity contribution in [1.29, 1.82) is 0 Å². The van der Waals surface area contributed by atoms with E-state index in [2.05, 4.69) is 19.2 Å². The minimum Gasteiger partial charge on any atom is -0.495 e. The highest BCUT2D eigenvalue weighted by atomic mass is 35.5. The van der Waals surface area contributed by atoms with Crippen LogP contribution >= 0.6 is 11.6 Å². The summed E-state index contributed by atoms with van der Waals surface area (Å²) in [6.07, 6.45) is 2.31. The molecule has 0 aliphatic rings. The molecule has 0 saturated heterocycles.